The van der Waals surface area contributed by atoms with Crippen LogP contribution in [0.4, 0.5) is 8.78 Å². The topological polar surface area (TPSA) is 111 Å². The first-order valence-corrected chi connectivity index (χ1v) is 10.2. The molecule has 4 rings (SSSR count). The van der Waals surface area contributed by atoms with Gasteiger partial charge in [0.05, 0.1) is 28.3 Å². The lowest BCUT2D eigenvalue weighted by atomic mass is 9.98. The van der Waals surface area contributed by atoms with Gasteiger partial charge in [-0.2, -0.15) is 0 Å². The van der Waals surface area contributed by atoms with Crippen LogP contribution in [-0.2, 0) is 11.2 Å². The average Bonchev–Trinajstić information content (AvgIpc) is 3.18. The third kappa shape index (κ3) is 4.87. The summed E-state index contributed by atoms with van der Waals surface area (Å²) in [6.07, 6.45) is 0.245. The number of nitrogens with two attached hydrogens (primary N) is 1. The SMILES string of the molecule is Cc1noc2nc(-c3ccc(F)cc3)cc(C(=O)NCC(Cc3ccc(F)cc3)C(N)=O)c12. The minimum atomic E-state index is -0.697. The van der Waals surface area contributed by atoms with Crippen LogP contribution in [-0.4, -0.2) is 28.5 Å². The van der Waals surface area contributed by atoms with Gasteiger partial charge >= 0.3 is 0 Å². The molecule has 0 fully saturated rings. The lowest BCUT2D eigenvalue weighted by Crippen LogP contribution is -2.37. The molecule has 0 aliphatic carbocycles. The standard InChI is InChI=1S/C24H20F2N4O3/c1-13-21-19(11-20(29-24(21)33-30-13)15-4-8-18(26)9-5-15)23(32)28-12-16(22(27)31)10-14-2-6-17(25)7-3-14/h2-9,11,16H,10,12H2,1H3,(H2,27,31)(H,28,32). The number of pyridine rings is 1. The Hall–Kier alpha value is -4.14. The number of primary amides is 1. The minimum Gasteiger partial charge on any atom is -0.369 e. The van der Waals surface area contributed by atoms with Crippen molar-refractivity contribution in [3.8, 4) is 11.3 Å². The first-order valence-electron chi connectivity index (χ1n) is 10.2. The maximum atomic E-state index is 13.3. The molecule has 1 unspecified atom stereocenters. The van der Waals surface area contributed by atoms with E-state index in [0.29, 0.717) is 27.9 Å². The Morgan fingerprint density at radius 3 is 2.33 bits per heavy atom. The van der Waals surface area contributed by atoms with Gasteiger partial charge in [-0.05, 0) is 61.4 Å². The van der Waals surface area contributed by atoms with Crippen LogP contribution in [0.5, 0.6) is 0 Å². The molecule has 0 saturated carbocycles. The van der Waals surface area contributed by atoms with Crippen molar-refractivity contribution in [1.29, 1.82) is 0 Å². The summed E-state index contributed by atoms with van der Waals surface area (Å²) in [7, 11) is 0. The summed E-state index contributed by atoms with van der Waals surface area (Å²) in [5.41, 5.74) is 8.13. The van der Waals surface area contributed by atoms with E-state index < -0.39 is 23.5 Å². The molecule has 2 aromatic carbocycles. The van der Waals surface area contributed by atoms with Gasteiger partial charge < -0.3 is 15.6 Å². The normalized spacial score (nSPS) is 12.0. The van der Waals surface area contributed by atoms with Crippen molar-refractivity contribution in [2.24, 2.45) is 11.7 Å². The monoisotopic (exact) mass is 450 g/mol. The zero-order valence-electron chi connectivity index (χ0n) is 17.6. The number of amides is 2. The highest BCUT2D eigenvalue weighted by molar-refractivity contribution is 6.07. The van der Waals surface area contributed by atoms with Crippen molar-refractivity contribution in [3.05, 3.63) is 83.1 Å². The molecule has 0 radical (unpaired) electrons. The van der Waals surface area contributed by atoms with E-state index in [1.165, 1.54) is 24.3 Å². The van der Waals surface area contributed by atoms with Crippen molar-refractivity contribution in [2.75, 3.05) is 6.54 Å². The van der Waals surface area contributed by atoms with E-state index in [9.17, 15) is 18.4 Å². The molecule has 2 aromatic heterocycles. The summed E-state index contributed by atoms with van der Waals surface area (Å²) < 4.78 is 31.7. The van der Waals surface area contributed by atoms with Crippen LogP contribution in [0.2, 0.25) is 0 Å². The van der Waals surface area contributed by atoms with Gasteiger partial charge in [-0.3, -0.25) is 9.59 Å². The zero-order chi connectivity index (χ0) is 23.5. The molecule has 168 valence electrons. The van der Waals surface area contributed by atoms with Gasteiger partial charge in [0.2, 0.25) is 5.91 Å². The Morgan fingerprint density at radius 1 is 1.06 bits per heavy atom. The van der Waals surface area contributed by atoms with Crippen LogP contribution in [0.25, 0.3) is 22.4 Å². The molecule has 1 atom stereocenters. The lowest BCUT2D eigenvalue weighted by molar-refractivity contribution is -0.121. The molecule has 0 spiro atoms. The third-order valence-electron chi connectivity index (χ3n) is 5.31. The number of rotatable bonds is 7. The van der Waals surface area contributed by atoms with Crippen LogP contribution < -0.4 is 11.1 Å². The smallest absolute Gasteiger partial charge is 0.259 e. The maximum absolute atomic E-state index is 13.3. The molecule has 0 aliphatic rings. The number of aryl methyl sites for hydroxylation is 1. The number of carbonyl (C=O) groups is 2. The van der Waals surface area contributed by atoms with Gasteiger partial charge in [0.1, 0.15) is 11.6 Å². The fourth-order valence-electron chi connectivity index (χ4n) is 3.53. The van der Waals surface area contributed by atoms with E-state index in [1.807, 2.05) is 0 Å². The summed E-state index contributed by atoms with van der Waals surface area (Å²) in [5, 5.41) is 7.07. The second kappa shape index (κ2) is 9.15. The molecule has 2 heterocycles. The highest BCUT2D eigenvalue weighted by Gasteiger charge is 2.22. The predicted molar refractivity (Wildman–Crippen MR) is 117 cm³/mol. The summed E-state index contributed by atoms with van der Waals surface area (Å²) in [4.78, 5) is 29.4. The molecule has 4 aromatic rings. The first-order chi connectivity index (χ1) is 15.8. The largest absolute Gasteiger partial charge is 0.369 e. The Bertz CT molecular complexity index is 1320. The van der Waals surface area contributed by atoms with Crippen LogP contribution in [0.3, 0.4) is 0 Å². The van der Waals surface area contributed by atoms with Gasteiger partial charge in [-0.25, -0.2) is 13.8 Å². The van der Waals surface area contributed by atoms with Gasteiger partial charge in [-0.15, -0.1) is 0 Å². The summed E-state index contributed by atoms with van der Waals surface area (Å²) in [5.74, 6) is -2.54. The van der Waals surface area contributed by atoms with Crippen molar-refractivity contribution in [2.45, 2.75) is 13.3 Å². The molecule has 0 saturated heterocycles. The number of halogens is 2. The second-order valence-corrected chi connectivity index (χ2v) is 7.65. The first kappa shape index (κ1) is 22.1. The van der Waals surface area contributed by atoms with Crippen LogP contribution in [0.15, 0.2) is 59.1 Å². The van der Waals surface area contributed by atoms with Crippen molar-refractivity contribution >= 4 is 22.9 Å². The molecule has 7 nitrogen and oxygen atoms in total. The van der Waals surface area contributed by atoms with Crippen molar-refractivity contribution in [3.63, 3.8) is 0 Å². The summed E-state index contributed by atoms with van der Waals surface area (Å²) in [6, 6.07) is 13.0. The molecule has 2 amide bonds. The molecular formula is C24H20F2N4O3. The fraction of sp³-hybridized carbons (Fsp3) is 0.167. The van der Waals surface area contributed by atoms with E-state index in [-0.39, 0.29) is 30.1 Å². The van der Waals surface area contributed by atoms with Gasteiger partial charge in [0.15, 0.2) is 0 Å². The Morgan fingerprint density at radius 2 is 1.70 bits per heavy atom. The van der Waals surface area contributed by atoms with E-state index in [4.69, 9.17) is 10.3 Å². The van der Waals surface area contributed by atoms with Gasteiger partial charge in [0, 0.05) is 12.1 Å². The number of benzene rings is 2. The number of carbonyl (C=O) groups excluding carboxylic acids is 2. The molecule has 0 bridgehead atoms. The predicted octanol–water partition coefficient (Wildman–Crippen LogP) is 3.55. The fourth-order valence-corrected chi connectivity index (χ4v) is 3.53. The molecule has 0 aliphatic heterocycles. The summed E-state index contributed by atoms with van der Waals surface area (Å²) >= 11 is 0. The third-order valence-corrected chi connectivity index (χ3v) is 5.31. The molecular weight excluding hydrogens is 430 g/mol. The summed E-state index contributed by atoms with van der Waals surface area (Å²) in [6.45, 7) is 1.66. The average molecular weight is 450 g/mol. The number of hydrogen-bond acceptors (Lipinski definition) is 5. The van der Waals surface area contributed by atoms with Crippen molar-refractivity contribution in [1.82, 2.24) is 15.5 Å². The lowest BCUT2D eigenvalue weighted by Gasteiger charge is -2.15. The Kier molecular flexibility index (Phi) is 6.12. The number of fused-ring (bicyclic) bond motifs is 1. The Balaban J connectivity index is 1.59. The minimum absolute atomic E-state index is 0.0223. The van der Waals surface area contributed by atoms with Crippen molar-refractivity contribution < 1.29 is 22.9 Å². The number of hydrogen-bond donors (Lipinski definition) is 2. The van der Waals surface area contributed by atoms with E-state index in [0.717, 1.165) is 0 Å². The Labute approximate surface area is 187 Å². The highest BCUT2D eigenvalue weighted by Crippen LogP contribution is 2.27. The quantitative estimate of drug-likeness (QED) is 0.447. The molecule has 3 N–H and O–H groups in total. The van der Waals surface area contributed by atoms with Gasteiger partial charge in [0.25, 0.3) is 11.6 Å². The second-order valence-electron chi connectivity index (χ2n) is 7.65. The number of nitrogens with one attached hydrogen (secondary N) is 1. The maximum Gasteiger partial charge on any atom is 0.259 e. The zero-order valence-corrected chi connectivity index (χ0v) is 17.6. The van der Waals surface area contributed by atoms with E-state index >= 15 is 0 Å². The van der Waals surface area contributed by atoms with Crippen LogP contribution in [0.1, 0.15) is 21.6 Å². The van der Waals surface area contributed by atoms with E-state index in [2.05, 4.69) is 15.5 Å². The van der Waals surface area contributed by atoms with Crippen LogP contribution in [0, 0.1) is 24.5 Å². The van der Waals surface area contributed by atoms with E-state index in [1.54, 1.807) is 37.3 Å². The van der Waals surface area contributed by atoms with Gasteiger partial charge in [-0.1, -0.05) is 17.3 Å². The number of aromatic nitrogens is 2. The molecule has 9 heteroatoms. The number of nitrogens with zero attached hydrogens (tertiary/aromatic N) is 2. The van der Waals surface area contributed by atoms with Crippen LogP contribution >= 0.6 is 0 Å². The molecule has 33 heavy (non-hydrogen) atoms. The highest BCUT2D eigenvalue weighted by atomic mass is 19.1.